The van der Waals surface area contributed by atoms with Crippen molar-refractivity contribution in [2.24, 2.45) is 11.7 Å². The second kappa shape index (κ2) is 3.31. The number of nitrogens with two attached hydrogens (primary N) is 1. The molecule has 0 radical (unpaired) electrons. The minimum absolute atomic E-state index is 0.0995. The van der Waals surface area contributed by atoms with Crippen LogP contribution < -0.4 is 5.73 Å². The van der Waals surface area contributed by atoms with Gasteiger partial charge in [-0.1, -0.05) is 13.8 Å². The van der Waals surface area contributed by atoms with Gasteiger partial charge >= 0.3 is 0 Å². The fourth-order valence-electron chi connectivity index (χ4n) is 1.34. The first-order chi connectivity index (χ1) is 5.52. The molecule has 1 atom stereocenters. The Morgan fingerprint density at radius 1 is 1.33 bits per heavy atom. The van der Waals surface area contributed by atoms with Crippen LogP contribution in [0.2, 0.25) is 0 Å². The highest BCUT2D eigenvalue weighted by Gasteiger charge is 2.15. The molecule has 0 fully saturated rings. The van der Waals surface area contributed by atoms with E-state index in [1.165, 1.54) is 0 Å². The molecule has 0 aliphatic rings. The largest absolute Gasteiger partial charge is 0.466 e. The summed E-state index contributed by atoms with van der Waals surface area (Å²) in [7, 11) is 0. The molecule has 1 aromatic heterocycles. The lowest BCUT2D eigenvalue weighted by Gasteiger charge is -2.13. The van der Waals surface area contributed by atoms with Crippen LogP contribution in [0.4, 0.5) is 0 Å². The van der Waals surface area contributed by atoms with Gasteiger partial charge in [-0.05, 0) is 25.8 Å². The number of hydrogen-bond donors (Lipinski definition) is 1. The van der Waals surface area contributed by atoms with E-state index in [-0.39, 0.29) is 6.04 Å². The van der Waals surface area contributed by atoms with Crippen LogP contribution in [0.5, 0.6) is 0 Å². The molecule has 0 amide bonds. The normalized spacial score (nSPS) is 13.8. The minimum Gasteiger partial charge on any atom is -0.466 e. The van der Waals surface area contributed by atoms with E-state index in [9.17, 15) is 0 Å². The van der Waals surface area contributed by atoms with E-state index in [1.807, 2.05) is 19.9 Å². The van der Waals surface area contributed by atoms with Crippen molar-refractivity contribution in [1.82, 2.24) is 0 Å². The first-order valence-corrected chi connectivity index (χ1v) is 4.35. The van der Waals surface area contributed by atoms with Crippen LogP contribution in [0.3, 0.4) is 0 Å². The minimum atomic E-state index is 0.0995. The van der Waals surface area contributed by atoms with Crippen molar-refractivity contribution in [3.05, 3.63) is 23.2 Å². The first-order valence-electron chi connectivity index (χ1n) is 4.35. The van der Waals surface area contributed by atoms with E-state index in [1.54, 1.807) is 0 Å². The molecule has 0 spiro atoms. The number of aryl methyl sites for hydroxylation is 2. The molecule has 2 heteroatoms. The molecule has 12 heavy (non-hydrogen) atoms. The summed E-state index contributed by atoms with van der Waals surface area (Å²) in [5, 5.41) is 0. The second-order valence-electron chi connectivity index (χ2n) is 3.64. The molecule has 0 bridgehead atoms. The zero-order valence-electron chi connectivity index (χ0n) is 8.22. The molecule has 0 unspecified atom stereocenters. The standard InChI is InChI=1S/C10H17NO/c1-6(2)10(11)9-5-7(3)12-8(9)4/h5-6,10H,11H2,1-4H3/t10-/m1/s1. The molecule has 0 aromatic carbocycles. The van der Waals surface area contributed by atoms with Crippen LogP contribution in [-0.2, 0) is 0 Å². The summed E-state index contributed by atoms with van der Waals surface area (Å²) in [5.74, 6) is 2.35. The van der Waals surface area contributed by atoms with E-state index >= 15 is 0 Å². The summed E-state index contributed by atoms with van der Waals surface area (Å²) in [6.07, 6.45) is 0. The summed E-state index contributed by atoms with van der Waals surface area (Å²) in [5.41, 5.74) is 7.13. The van der Waals surface area contributed by atoms with Crippen molar-refractivity contribution in [3.8, 4) is 0 Å². The van der Waals surface area contributed by atoms with Crippen LogP contribution in [0.1, 0.15) is 37.0 Å². The summed E-state index contributed by atoms with van der Waals surface area (Å²) < 4.78 is 5.41. The van der Waals surface area contributed by atoms with Crippen LogP contribution in [0.15, 0.2) is 10.5 Å². The Morgan fingerprint density at radius 3 is 2.25 bits per heavy atom. The molecule has 2 N–H and O–H groups in total. The molecule has 1 heterocycles. The second-order valence-corrected chi connectivity index (χ2v) is 3.64. The van der Waals surface area contributed by atoms with E-state index in [0.29, 0.717) is 5.92 Å². The van der Waals surface area contributed by atoms with E-state index in [0.717, 1.165) is 17.1 Å². The van der Waals surface area contributed by atoms with Crippen molar-refractivity contribution < 1.29 is 4.42 Å². The van der Waals surface area contributed by atoms with Gasteiger partial charge in [0.05, 0.1) is 0 Å². The third kappa shape index (κ3) is 1.69. The smallest absolute Gasteiger partial charge is 0.105 e. The van der Waals surface area contributed by atoms with Gasteiger partial charge in [-0.25, -0.2) is 0 Å². The van der Waals surface area contributed by atoms with Crippen LogP contribution in [0, 0.1) is 19.8 Å². The van der Waals surface area contributed by atoms with Crippen molar-refractivity contribution in [3.63, 3.8) is 0 Å². The number of rotatable bonds is 2. The highest BCUT2D eigenvalue weighted by atomic mass is 16.3. The Hall–Kier alpha value is -0.760. The Balaban J connectivity index is 2.94. The van der Waals surface area contributed by atoms with Gasteiger partial charge in [0, 0.05) is 11.6 Å². The lowest BCUT2D eigenvalue weighted by atomic mass is 9.97. The van der Waals surface area contributed by atoms with Gasteiger partial charge in [0.1, 0.15) is 11.5 Å². The maximum atomic E-state index is 5.99. The van der Waals surface area contributed by atoms with Crippen molar-refractivity contribution in [2.45, 2.75) is 33.7 Å². The first kappa shape index (κ1) is 9.33. The van der Waals surface area contributed by atoms with Crippen LogP contribution in [-0.4, -0.2) is 0 Å². The summed E-state index contributed by atoms with van der Waals surface area (Å²) in [4.78, 5) is 0. The molecule has 0 aliphatic heterocycles. The van der Waals surface area contributed by atoms with E-state index < -0.39 is 0 Å². The Labute approximate surface area is 73.8 Å². The topological polar surface area (TPSA) is 39.2 Å². The van der Waals surface area contributed by atoms with Crippen molar-refractivity contribution in [1.29, 1.82) is 0 Å². The van der Waals surface area contributed by atoms with Gasteiger partial charge in [0.2, 0.25) is 0 Å². The molecule has 0 aliphatic carbocycles. The third-order valence-corrected chi connectivity index (χ3v) is 2.16. The van der Waals surface area contributed by atoms with Crippen molar-refractivity contribution >= 4 is 0 Å². The van der Waals surface area contributed by atoms with E-state index in [4.69, 9.17) is 10.2 Å². The molecule has 68 valence electrons. The third-order valence-electron chi connectivity index (χ3n) is 2.16. The zero-order valence-corrected chi connectivity index (χ0v) is 8.22. The highest BCUT2D eigenvalue weighted by Crippen LogP contribution is 2.24. The average Bonchev–Trinajstić information content (AvgIpc) is 2.28. The lowest BCUT2D eigenvalue weighted by molar-refractivity contribution is 0.474. The predicted octanol–water partition coefficient (Wildman–Crippen LogP) is 2.55. The van der Waals surface area contributed by atoms with E-state index in [2.05, 4.69) is 13.8 Å². The Kier molecular flexibility index (Phi) is 2.58. The quantitative estimate of drug-likeness (QED) is 0.735. The average molecular weight is 167 g/mol. The molecule has 1 rings (SSSR count). The SMILES string of the molecule is Cc1cc([C@H](N)C(C)C)c(C)o1. The van der Waals surface area contributed by atoms with Gasteiger partial charge < -0.3 is 10.2 Å². The van der Waals surface area contributed by atoms with Crippen LogP contribution >= 0.6 is 0 Å². The molecule has 0 saturated carbocycles. The predicted molar refractivity (Wildman–Crippen MR) is 49.9 cm³/mol. The Morgan fingerprint density at radius 2 is 1.92 bits per heavy atom. The highest BCUT2D eigenvalue weighted by molar-refractivity contribution is 5.23. The zero-order chi connectivity index (χ0) is 9.30. The molecular formula is C10H17NO. The molecule has 1 aromatic rings. The lowest BCUT2D eigenvalue weighted by Crippen LogP contribution is -2.16. The molecule has 2 nitrogen and oxygen atoms in total. The number of hydrogen-bond acceptors (Lipinski definition) is 2. The number of furan rings is 1. The monoisotopic (exact) mass is 167 g/mol. The van der Waals surface area contributed by atoms with Gasteiger partial charge in [0.25, 0.3) is 0 Å². The van der Waals surface area contributed by atoms with Gasteiger partial charge in [-0.15, -0.1) is 0 Å². The summed E-state index contributed by atoms with van der Waals surface area (Å²) >= 11 is 0. The van der Waals surface area contributed by atoms with Crippen molar-refractivity contribution in [2.75, 3.05) is 0 Å². The fourth-order valence-corrected chi connectivity index (χ4v) is 1.34. The maximum absolute atomic E-state index is 5.99. The summed E-state index contributed by atoms with van der Waals surface area (Å²) in [6.45, 7) is 8.15. The van der Waals surface area contributed by atoms with Crippen LogP contribution in [0.25, 0.3) is 0 Å². The summed E-state index contributed by atoms with van der Waals surface area (Å²) in [6, 6.07) is 2.13. The van der Waals surface area contributed by atoms with Gasteiger partial charge in [-0.3, -0.25) is 0 Å². The van der Waals surface area contributed by atoms with Gasteiger partial charge in [0.15, 0.2) is 0 Å². The maximum Gasteiger partial charge on any atom is 0.105 e. The molecule has 0 saturated heterocycles. The fraction of sp³-hybridized carbons (Fsp3) is 0.600. The Bertz CT molecular complexity index is 263. The molecular weight excluding hydrogens is 150 g/mol. The van der Waals surface area contributed by atoms with Gasteiger partial charge in [-0.2, -0.15) is 0 Å².